The molecule has 3 aromatic rings. The molecule has 0 aromatic carbocycles. The first-order valence-electron chi connectivity index (χ1n) is 10.3. The smallest absolute Gasteiger partial charge is 0.440 e. The molecule has 0 aliphatic heterocycles. The molecule has 33 heavy (non-hydrogen) atoms. The van der Waals surface area contributed by atoms with Gasteiger partial charge in [0.05, 0.1) is 0 Å². The van der Waals surface area contributed by atoms with Crippen LogP contribution in [0.4, 0.5) is 30.8 Å². The van der Waals surface area contributed by atoms with Crippen molar-refractivity contribution in [2.24, 2.45) is 5.92 Å². The molecular weight excluding hydrogens is 441 g/mol. The number of H-pyrrole nitrogens is 1. The summed E-state index contributed by atoms with van der Waals surface area (Å²) in [5.41, 5.74) is 1.56. The lowest BCUT2D eigenvalue weighted by Crippen LogP contribution is -2.36. The molecule has 1 unspecified atom stereocenters. The molecule has 1 fully saturated rings. The molecule has 10 nitrogen and oxygen atoms in total. The summed E-state index contributed by atoms with van der Waals surface area (Å²) in [7, 11) is 0. The summed E-state index contributed by atoms with van der Waals surface area (Å²) in [5, 5.41) is 22.7. The topological polar surface area (TPSA) is 133 Å². The molecule has 3 heterocycles. The van der Waals surface area contributed by atoms with Crippen molar-refractivity contribution in [3.05, 3.63) is 30.2 Å². The normalized spacial score (nSPS) is 19.6. The zero-order chi connectivity index (χ0) is 23.6. The van der Waals surface area contributed by atoms with E-state index in [1.165, 1.54) is 0 Å². The SMILES string of the molecule is Cc1cc(Nc2cc3nccn3c(NC3CCC(C(C#N)OC(=O)C(F)(F)F)CC3)n2)n[nH]1. The van der Waals surface area contributed by atoms with E-state index >= 15 is 0 Å². The number of nitriles is 1. The number of hydrogen-bond donors (Lipinski definition) is 3. The standard InChI is InChI=1S/C20H21F3N8O2/c1-11-8-16(30-29-11)27-15-9-17-25-6-7-31(17)19(28-15)26-13-4-2-12(3-5-13)14(10-24)33-18(32)20(21,22)23/h6-9,12-14H,2-5H2,1H3,(H,26,28)(H2,27,29,30). The van der Waals surface area contributed by atoms with E-state index in [1.807, 2.05) is 13.0 Å². The molecule has 0 saturated heterocycles. The number of carbonyl (C=O) groups is 1. The highest BCUT2D eigenvalue weighted by molar-refractivity contribution is 5.76. The van der Waals surface area contributed by atoms with E-state index in [0.29, 0.717) is 48.9 Å². The molecule has 1 saturated carbocycles. The van der Waals surface area contributed by atoms with Crippen LogP contribution in [0.5, 0.6) is 0 Å². The number of carbonyl (C=O) groups excluding carboxylic acids is 1. The second kappa shape index (κ2) is 8.97. The Kier molecular flexibility index (Phi) is 6.08. The maximum atomic E-state index is 12.5. The number of fused-ring (bicyclic) bond motifs is 1. The number of esters is 1. The number of rotatable bonds is 6. The number of ether oxygens (including phenoxy) is 1. The Labute approximate surface area is 186 Å². The summed E-state index contributed by atoms with van der Waals surface area (Å²) < 4.78 is 43.6. The van der Waals surface area contributed by atoms with Gasteiger partial charge in [0.25, 0.3) is 0 Å². The van der Waals surface area contributed by atoms with Gasteiger partial charge in [0.15, 0.2) is 11.9 Å². The second-order valence-electron chi connectivity index (χ2n) is 7.89. The molecule has 174 valence electrons. The Morgan fingerprint density at radius 2 is 2.06 bits per heavy atom. The van der Waals surface area contributed by atoms with E-state index in [1.54, 1.807) is 28.9 Å². The van der Waals surface area contributed by atoms with E-state index in [-0.39, 0.29) is 6.04 Å². The molecule has 13 heteroatoms. The summed E-state index contributed by atoms with van der Waals surface area (Å²) >= 11 is 0. The summed E-state index contributed by atoms with van der Waals surface area (Å²) in [4.78, 5) is 20.0. The lowest BCUT2D eigenvalue weighted by molar-refractivity contribution is -0.204. The van der Waals surface area contributed by atoms with Crippen molar-refractivity contribution in [3.8, 4) is 6.07 Å². The van der Waals surface area contributed by atoms with Gasteiger partial charge in [-0.05, 0) is 32.6 Å². The number of imidazole rings is 1. The molecule has 3 aromatic heterocycles. The predicted octanol–water partition coefficient (Wildman–Crippen LogP) is 3.47. The molecule has 1 atom stereocenters. The van der Waals surface area contributed by atoms with Crippen molar-refractivity contribution < 1.29 is 22.7 Å². The fraction of sp³-hybridized carbons (Fsp3) is 0.450. The van der Waals surface area contributed by atoms with Crippen LogP contribution in [0.2, 0.25) is 0 Å². The summed E-state index contributed by atoms with van der Waals surface area (Å²) in [6, 6.07) is 5.27. The highest BCUT2D eigenvalue weighted by Gasteiger charge is 2.43. The fourth-order valence-electron chi connectivity index (χ4n) is 3.86. The molecule has 1 aliphatic carbocycles. The van der Waals surface area contributed by atoms with Crippen LogP contribution in [0.3, 0.4) is 0 Å². The van der Waals surface area contributed by atoms with Crippen LogP contribution in [-0.4, -0.2) is 48.9 Å². The number of aromatic nitrogens is 5. The Bertz CT molecular complexity index is 1170. The maximum absolute atomic E-state index is 12.5. The first-order chi connectivity index (χ1) is 15.7. The van der Waals surface area contributed by atoms with Crippen LogP contribution >= 0.6 is 0 Å². The van der Waals surface area contributed by atoms with Gasteiger partial charge in [-0.3, -0.25) is 9.50 Å². The Morgan fingerprint density at radius 1 is 1.30 bits per heavy atom. The predicted molar refractivity (Wildman–Crippen MR) is 111 cm³/mol. The second-order valence-corrected chi connectivity index (χ2v) is 7.89. The van der Waals surface area contributed by atoms with E-state index in [9.17, 15) is 23.2 Å². The summed E-state index contributed by atoms with van der Waals surface area (Å²) in [6.45, 7) is 1.88. The number of aryl methyl sites for hydroxylation is 1. The average Bonchev–Trinajstić information content (AvgIpc) is 3.40. The summed E-state index contributed by atoms with van der Waals surface area (Å²) in [6.07, 6.45) is -1.14. The third-order valence-corrected chi connectivity index (χ3v) is 5.48. The molecule has 0 bridgehead atoms. The van der Waals surface area contributed by atoms with Crippen LogP contribution in [0.1, 0.15) is 31.4 Å². The van der Waals surface area contributed by atoms with Crippen LogP contribution in [-0.2, 0) is 9.53 Å². The molecule has 0 spiro atoms. The molecule has 0 amide bonds. The molecular formula is C20H21F3N8O2. The van der Waals surface area contributed by atoms with Crippen molar-refractivity contribution in [3.63, 3.8) is 0 Å². The van der Waals surface area contributed by atoms with Gasteiger partial charge >= 0.3 is 12.1 Å². The van der Waals surface area contributed by atoms with Gasteiger partial charge in [0, 0.05) is 42.2 Å². The number of anilines is 3. The molecule has 4 rings (SSSR count). The third-order valence-electron chi connectivity index (χ3n) is 5.48. The van der Waals surface area contributed by atoms with Crippen molar-refractivity contribution in [1.82, 2.24) is 24.6 Å². The van der Waals surface area contributed by atoms with E-state index < -0.39 is 24.2 Å². The van der Waals surface area contributed by atoms with Crippen molar-refractivity contribution in [1.29, 1.82) is 5.26 Å². The van der Waals surface area contributed by atoms with Crippen LogP contribution in [0.25, 0.3) is 5.65 Å². The van der Waals surface area contributed by atoms with Crippen LogP contribution in [0, 0.1) is 24.2 Å². The lowest BCUT2D eigenvalue weighted by Gasteiger charge is -2.31. The molecule has 3 N–H and O–H groups in total. The van der Waals surface area contributed by atoms with E-state index in [4.69, 9.17) is 0 Å². The fourth-order valence-corrected chi connectivity index (χ4v) is 3.86. The number of hydrogen-bond acceptors (Lipinski definition) is 8. The van der Waals surface area contributed by atoms with Crippen molar-refractivity contribution in [2.45, 2.75) is 50.9 Å². The number of alkyl halides is 3. The van der Waals surface area contributed by atoms with Gasteiger partial charge in [0.1, 0.15) is 17.5 Å². The van der Waals surface area contributed by atoms with E-state index in [0.717, 1.165) is 5.69 Å². The minimum atomic E-state index is -5.12. The third kappa shape index (κ3) is 5.16. The van der Waals surface area contributed by atoms with E-state index in [2.05, 4.69) is 35.5 Å². The Balaban J connectivity index is 1.42. The number of aromatic amines is 1. The average molecular weight is 462 g/mol. The maximum Gasteiger partial charge on any atom is 0.490 e. The highest BCUT2D eigenvalue weighted by Crippen LogP contribution is 2.31. The van der Waals surface area contributed by atoms with Gasteiger partial charge < -0.3 is 15.4 Å². The van der Waals surface area contributed by atoms with Gasteiger partial charge in [-0.25, -0.2) is 9.78 Å². The van der Waals surface area contributed by atoms with Crippen molar-refractivity contribution in [2.75, 3.05) is 10.6 Å². The lowest BCUT2D eigenvalue weighted by atomic mass is 9.83. The number of nitrogens with one attached hydrogen (secondary N) is 3. The largest absolute Gasteiger partial charge is 0.490 e. The zero-order valence-corrected chi connectivity index (χ0v) is 17.6. The minimum absolute atomic E-state index is 0.0279. The van der Waals surface area contributed by atoms with Gasteiger partial charge in [-0.2, -0.15) is 28.5 Å². The first-order valence-corrected chi connectivity index (χ1v) is 10.3. The summed E-state index contributed by atoms with van der Waals surface area (Å²) in [5.74, 6) is -1.10. The highest BCUT2D eigenvalue weighted by atomic mass is 19.4. The van der Waals surface area contributed by atoms with Crippen LogP contribution < -0.4 is 10.6 Å². The van der Waals surface area contributed by atoms with Crippen molar-refractivity contribution >= 4 is 29.2 Å². The first kappa shape index (κ1) is 22.4. The van der Waals surface area contributed by atoms with Crippen LogP contribution in [0.15, 0.2) is 24.5 Å². The monoisotopic (exact) mass is 462 g/mol. The molecule has 0 radical (unpaired) electrons. The molecule has 1 aliphatic rings. The number of nitrogens with zero attached hydrogens (tertiary/aromatic N) is 5. The number of halogens is 3. The van der Waals surface area contributed by atoms with Gasteiger partial charge in [-0.1, -0.05) is 0 Å². The minimum Gasteiger partial charge on any atom is -0.440 e. The Morgan fingerprint density at radius 3 is 2.70 bits per heavy atom. The Hall–Kier alpha value is -3.82. The van der Waals surface area contributed by atoms with Gasteiger partial charge in [-0.15, -0.1) is 0 Å². The zero-order valence-electron chi connectivity index (χ0n) is 17.6. The van der Waals surface area contributed by atoms with Gasteiger partial charge in [0.2, 0.25) is 5.95 Å². The quantitative estimate of drug-likeness (QED) is 0.474.